The monoisotopic (exact) mass is 285 g/mol. The van der Waals surface area contributed by atoms with Crippen molar-refractivity contribution in [2.75, 3.05) is 18.5 Å². The normalized spacial score (nSPS) is 17.6. The molecule has 0 spiro atoms. The van der Waals surface area contributed by atoms with Gasteiger partial charge in [-0.2, -0.15) is 5.10 Å². The van der Waals surface area contributed by atoms with Crippen molar-refractivity contribution in [1.29, 1.82) is 0 Å². The Hall–Kier alpha value is -2.37. The van der Waals surface area contributed by atoms with E-state index in [0.29, 0.717) is 12.4 Å². The lowest BCUT2D eigenvalue weighted by molar-refractivity contribution is 0.198. The minimum absolute atomic E-state index is 0.0124. The van der Waals surface area contributed by atoms with Crippen LogP contribution in [0.5, 0.6) is 0 Å². The van der Waals surface area contributed by atoms with Gasteiger partial charge in [0.05, 0.1) is 18.3 Å². The second-order valence-electron chi connectivity index (χ2n) is 6.05. The maximum Gasteiger partial charge on any atom is 0.325 e. The van der Waals surface area contributed by atoms with E-state index < -0.39 is 0 Å². The molecule has 0 radical (unpaired) electrons. The van der Waals surface area contributed by atoms with Crippen LogP contribution in [0.25, 0.3) is 11.1 Å². The number of carbonyl (C=O) groups excluding carboxylic acids is 1. The SMILES string of the molecule is CN1C(=O)N(c2ccc(-c3cnn(C)c3)cn2)CC1(C)C. The van der Waals surface area contributed by atoms with E-state index in [1.807, 2.05) is 32.4 Å². The Balaban J connectivity index is 1.87. The summed E-state index contributed by atoms with van der Waals surface area (Å²) in [5, 5.41) is 4.15. The largest absolute Gasteiger partial charge is 0.325 e. The number of amides is 2. The zero-order chi connectivity index (χ0) is 15.2. The van der Waals surface area contributed by atoms with Crippen LogP contribution in [0.15, 0.2) is 30.7 Å². The number of aromatic nitrogens is 3. The second-order valence-corrected chi connectivity index (χ2v) is 6.05. The number of urea groups is 1. The highest BCUT2D eigenvalue weighted by Gasteiger charge is 2.41. The molecule has 1 aliphatic heterocycles. The van der Waals surface area contributed by atoms with Gasteiger partial charge in [-0.15, -0.1) is 0 Å². The minimum Gasteiger partial charge on any atom is -0.320 e. The Morgan fingerprint density at radius 2 is 1.90 bits per heavy atom. The maximum absolute atomic E-state index is 12.3. The molecule has 2 amide bonds. The summed E-state index contributed by atoms with van der Waals surface area (Å²) in [6.45, 7) is 4.74. The minimum atomic E-state index is -0.180. The summed E-state index contributed by atoms with van der Waals surface area (Å²) in [4.78, 5) is 20.2. The van der Waals surface area contributed by atoms with Crippen LogP contribution in [0.3, 0.4) is 0 Å². The van der Waals surface area contributed by atoms with Gasteiger partial charge >= 0.3 is 6.03 Å². The van der Waals surface area contributed by atoms with Gasteiger partial charge in [-0.1, -0.05) is 0 Å². The van der Waals surface area contributed by atoms with Crippen molar-refractivity contribution in [3.63, 3.8) is 0 Å². The first kappa shape index (κ1) is 13.6. The summed E-state index contributed by atoms with van der Waals surface area (Å²) >= 11 is 0. The van der Waals surface area contributed by atoms with E-state index in [1.54, 1.807) is 26.9 Å². The topological polar surface area (TPSA) is 54.3 Å². The third-order valence-corrected chi connectivity index (χ3v) is 4.03. The average Bonchev–Trinajstić information content (AvgIpc) is 2.97. The summed E-state index contributed by atoms with van der Waals surface area (Å²) in [6.07, 6.45) is 5.52. The Morgan fingerprint density at radius 3 is 2.38 bits per heavy atom. The van der Waals surface area contributed by atoms with Crippen LogP contribution in [0.4, 0.5) is 10.6 Å². The molecule has 0 aromatic carbocycles. The second kappa shape index (κ2) is 4.58. The number of likely N-dealkylation sites (N-methyl/N-ethyl adjacent to an activating group) is 1. The van der Waals surface area contributed by atoms with E-state index >= 15 is 0 Å². The zero-order valence-corrected chi connectivity index (χ0v) is 12.7. The van der Waals surface area contributed by atoms with Crippen LogP contribution in [0.1, 0.15) is 13.8 Å². The van der Waals surface area contributed by atoms with Crippen LogP contribution < -0.4 is 4.90 Å². The first-order valence-electron chi connectivity index (χ1n) is 6.89. The lowest BCUT2D eigenvalue weighted by atomic mass is 10.1. The summed E-state index contributed by atoms with van der Waals surface area (Å²) < 4.78 is 1.75. The van der Waals surface area contributed by atoms with Gasteiger partial charge in [0, 0.05) is 37.6 Å². The zero-order valence-electron chi connectivity index (χ0n) is 12.7. The predicted octanol–water partition coefficient (Wildman–Crippen LogP) is 2.13. The van der Waals surface area contributed by atoms with Gasteiger partial charge in [-0.3, -0.25) is 9.58 Å². The smallest absolute Gasteiger partial charge is 0.320 e. The molecule has 0 unspecified atom stereocenters. The molecule has 0 atom stereocenters. The van der Waals surface area contributed by atoms with Crippen molar-refractivity contribution in [1.82, 2.24) is 19.7 Å². The van der Waals surface area contributed by atoms with Crippen LogP contribution in [0.2, 0.25) is 0 Å². The first-order valence-corrected chi connectivity index (χ1v) is 6.89. The molecule has 1 fully saturated rings. The van der Waals surface area contributed by atoms with Crippen LogP contribution in [-0.2, 0) is 7.05 Å². The lowest BCUT2D eigenvalue weighted by Gasteiger charge is -2.24. The quantitative estimate of drug-likeness (QED) is 0.849. The number of hydrogen-bond donors (Lipinski definition) is 0. The molecule has 0 aliphatic carbocycles. The van der Waals surface area contributed by atoms with Gasteiger partial charge in [-0.05, 0) is 26.0 Å². The molecule has 6 nitrogen and oxygen atoms in total. The molecule has 2 aromatic heterocycles. The highest BCUT2D eigenvalue weighted by atomic mass is 16.2. The molecule has 21 heavy (non-hydrogen) atoms. The van der Waals surface area contributed by atoms with Gasteiger partial charge in [0.2, 0.25) is 0 Å². The van der Waals surface area contributed by atoms with Gasteiger partial charge in [0.25, 0.3) is 0 Å². The van der Waals surface area contributed by atoms with Crippen molar-refractivity contribution < 1.29 is 4.79 Å². The van der Waals surface area contributed by atoms with Crippen molar-refractivity contribution >= 4 is 11.8 Å². The molecule has 110 valence electrons. The van der Waals surface area contributed by atoms with Crippen LogP contribution >= 0.6 is 0 Å². The Labute approximate surface area is 124 Å². The standard InChI is InChI=1S/C15H19N5O/c1-15(2)10-20(14(21)19(15)4)13-6-5-11(7-16-13)12-8-17-18(3)9-12/h5-9H,10H2,1-4H3. The van der Waals surface area contributed by atoms with Gasteiger partial charge < -0.3 is 4.90 Å². The number of rotatable bonds is 2. The maximum atomic E-state index is 12.3. The van der Waals surface area contributed by atoms with Crippen molar-refractivity contribution in [2.24, 2.45) is 7.05 Å². The van der Waals surface area contributed by atoms with E-state index in [0.717, 1.165) is 11.1 Å². The van der Waals surface area contributed by atoms with Crippen molar-refractivity contribution in [3.05, 3.63) is 30.7 Å². The number of nitrogens with zero attached hydrogens (tertiary/aromatic N) is 5. The molecular weight excluding hydrogens is 266 g/mol. The van der Waals surface area contributed by atoms with Gasteiger partial charge in [-0.25, -0.2) is 9.78 Å². The summed E-state index contributed by atoms with van der Waals surface area (Å²) in [7, 11) is 3.71. The number of aryl methyl sites for hydroxylation is 1. The van der Waals surface area contributed by atoms with E-state index in [2.05, 4.69) is 23.9 Å². The number of pyridine rings is 1. The van der Waals surface area contributed by atoms with Crippen LogP contribution in [-0.4, -0.2) is 44.8 Å². The Kier molecular flexibility index (Phi) is 2.97. The van der Waals surface area contributed by atoms with E-state index in [4.69, 9.17) is 0 Å². The highest BCUT2D eigenvalue weighted by Crippen LogP contribution is 2.29. The fourth-order valence-electron chi connectivity index (χ4n) is 2.47. The lowest BCUT2D eigenvalue weighted by Crippen LogP contribution is -2.38. The van der Waals surface area contributed by atoms with Crippen molar-refractivity contribution in [3.8, 4) is 11.1 Å². The van der Waals surface area contributed by atoms with Gasteiger partial charge in [0.1, 0.15) is 5.82 Å². The predicted molar refractivity (Wildman–Crippen MR) is 81.0 cm³/mol. The van der Waals surface area contributed by atoms with E-state index in [-0.39, 0.29) is 11.6 Å². The third kappa shape index (κ3) is 2.26. The molecular formula is C15H19N5O. The van der Waals surface area contributed by atoms with Crippen LogP contribution in [0, 0.1) is 0 Å². The van der Waals surface area contributed by atoms with Gasteiger partial charge in [0.15, 0.2) is 0 Å². The molecule has 0 N–H and O–H groups in total. The molecule has 6 heteroatoms. The molecule has 1 aliphatic rings. The fraction of sp³-hybridized carbons (Fsp3) is 0.400. The molecule has 1 saturated heterocycles. The average molecular weight is 285 g/mol. The van der Waals surface area contributed by atoms with E-state index in [1.165, 1.54) is 0 Å². The Bertz CT molecular complexity index is 674. The first-order chi connectivity index (χ1) is 9.88. The number of anilines is 1. The molecule has 3 heterocycles. The fourth-order valence-corrected chi connectivity index (χ4v) is 2.47. The third-order valence-electron chi connectivity index (χ3n) is 4.03. The number of hydrogen-bond acceptors (Lipinski definition) is 3. The van der Waals surface area contributed by atoms with Crippen molar-refractivity contribution in [2.45, 2.75) is 19.4 Å². The summed E-state index contributed by atoms with van der Waals surface area (Å²) in [5.41, 5.74) is 1.83. The van der Waals surface area contributed by atoms with E-state index in [9.17, 15) is 4.79 Å². The summed E-state index contributed by atoms with van der Waals surface area (Å²) in [6, 6.07) is 3.84. The molecule has 3 rings (SSSR count). The molecule has 0 bridgehead atoms. The molecule has 0 saturated carbocycles. The molecule has 2 aromatic rings. The number of carbonyl (C=O) groups is 1. The summed E-state index contributed by atoms with van der Waals surface area (Å²) in [5.74, 6) is 0.685. The highest BCUT2D eigenvalue weighted by molar-refractivity contribution is 5.94. The Morgan fingerprint density at radius 1 is 1.14 bits per heavy atom.